The van der Waals surface area contributed by atoms with Crippen LogP contribution in [0.3, 0.4) is 0 Å². The summed E-state index contributed by atoms with van der Waals surface area (Å²) in [6.45, 7) is 10.6. The minimum Gasteiger partial charge on any atom is -0.377 e. The summed E-state index contributed by atoms with van der Waals surface area (Å²) in [4.78, 5) is 21.6. The zero-order chi connectivity index (χ0) is 14.3. The summed E-state index contributed by atoms with van der Waals surface area (Å²) in [5, 5.41) is 0. The van der Waals surface area contributed by atoms with Gasteiger partial charge in [-0.2, -0.15) is 0 Å². The van der Waals surface area contributed by atoms with Crippen molar-refractivity contribution in [3.63, 3.8) is 0 Å². The number of phosphoric acid groups is 1. The molecule has 0 heterocycles. The third kappa shape index (κ3) is 36.1. The van der Waals surface area contributed by atoms with Crippen LogP contribution in [0.5, 0.6) is 0 Å². The normalized spacial score (nSPS) is 10.4. The maximum atomic E-state index is 8.88. The molecule has 0 aliphatic carbocycles. The van der Waals surface area contributed by atoms with Gasteiger partial charge in [-0.3, -0.25) is 0 Å². The SMILES string of the molecule is C=CCOCCOCCOCC=C.O=P(O)(O)O. The van der Waals surface area contributed by atoms with Gasteiger partial charge in [0.1, 0.15) is 0 Å². The van der Waals surface area contributed by atoms with Crippen LogP contribution in [0.25, 0.3) is 0 Å². The van der Waals surface area contributed by atoms with E-state index in [1.165, 1.54) is 0 Å². The van der Waals surface area contributed by atoms with Crippen LogP contribution in [-0.4, -0.2) is 54.3 Å². The van der Waals surface area contributed by atoms with E-state index in [1.807, 2.05) is 0 Å². The number of hydrogen-bond acceptors (Lipinski definition) is 4. The molecule has 3 N–H and O–H groups in total. The second-order valence-corrected chi connectivity index (χ2v) is 3.88. The predicted octanol–water partition coefficient (Wildman–Crippen LogP) is 0.480. The summed E-state index contributed by atoms with van der Waals surface area (Å²) in [6.07, 6.45) is 3.43. The molecule has 0 saturated carbocycles. The maximum Gasteiger partial charge on any atom is 0.466 e. The summed E-state index contributed by atoms with van der Waals surface area (Å²) in [7, 11) is -4.64. The maximum absolute atomic E-state index is 8.88. The molecule has 7 nitrogen and oxygen atoms in total. The monoisotopic (exact) mass is 284 g/mol. The topological polar surface area (TPSA) is 105 Å². The lowest BCUT2D eigenvalue weighted by atomic mass is 10.6. The number of rotatable bonds is 10. The molecule has 0 aromatic carbocycles. The van der Waals surface area contributed by atoms with Gasteiger partial charge in [-0.05, 0) is 0 Å². The van der Waals surface area contributed by atoms with Gasteiger partial charge in [0.15, 0.2) is 0 Å². The Bertz CT molecular complexity index is 216. The molecule has 0 amide bonds. The first kappa shape index (κ1) is 19.8. The molecule has 0 spiro atoms. The predicted molar refractivity (Wildman–Crippen MR) is 67.1 cm³/mol. The van der Waals surface area contributed by atoms with Gasteiger partial charge in [-0.25, -0.2) is 4.57 Å². The van der Waals surface area contributed by atoms with Crippen molar-refractivity contribution in [2.75, 3.05) is 39.6 Å². The van der Waals surface area contributed by atoms with E-state index in [0.717, 1.165) is 0 Å². The van der Waals surface area contributed by atoms with Crippen LogP contribution < -0.4 is 0 Å². The van der Waals surface area contributed by atoms with E-state index in [1.54, 1.807) is 12.2 Å². The van der Waals surface area contributed by atoms with Crippen LogP contribution in [0.4, 0.5) is 0 Å². The summed E-state index contributed by atoms with van der Waals surface area (Å²) in [5.41, 5.74) is 0. The van der Waals surface area contributed by atoms with Crippen molar-refractivity contribution in [2.24, 2.45) is 0 Å². The molecule has 0 aliphatic rings. The molecule has 18 heavy (non-hydrogen) atoms. The van der Waals surface area contributed by atoms with Gasteiger partial charge in [-0.15, -0.1) is 13.2 Å². The van der Waals surface area contributed by atoms with Crippen molar-refractivity contribution in [2.45, 2.75) is 0 Å². The van der Waals surface area contributed by atoms with Crippen molar-refractivity contribution in [3.8, 4) is 0 Å². The van der Waals surface area contributed by atoms with Gasteiger partial charge in [-0.1, -0.05) is 12.2 Å². The Kier molecular flexibility index (Phi) is 16.0. The lowest BCUT2D eigenvalue weighted by molar-refractivity contribution is 0.0253. The average molecular weight is 284 g/mol. The van der Waals surface area contributed by atoms with Crippen LogP contribution in [0.1, 0.15) is 0 Å². The van der Waals surface area contributed by atoms with Crippen LogP contribution in [0.15, 0.2) is 25.3 Å². The van der Waals surface area contributed by atoms with Gasteiger partial charge in [0.25, 0.3) is 0 Å². The van der Waals surface area contributed by atoms with E-state index in [9.17, 15) is 0 Å². The molecule has 0 atom stereocenters. The Morgan fingerprint density at radius 3 is 1.39 bits per heavy atom. The van der Waals surface area contributed by atoms with Gasteiger partial charge in [0.2, 0.25) is 0 Å². The first-order valence-electron chi connectivity index (χ1n) is 5.15. The van der Waals surface area contributed by atoms with Crippen molar-refractivity contribution in [1.29, 1.82) is 0 Å². The molecule has 0 aromatic heterocycles. The third-order valence-electron chi connectivity index (χ3n) is 1.22. The van der Waals surface area contributed by atoms with E-state index in [4.69, 9.17) is 33.5 Å². The molecule has 0 rings (SSSR count). The van der Waals surface area contributed by atoms with Crippen LogP contribution in [0.2, 0.25) is 0 Å². The lowest BCUT2D eigenvalue weighted by Gasteiger charge is -2.04. The van der Waals surface area contributed by atoms with Gasteiger partial charge in [0.05, 0.1) is 39.6 Å². The molecular weight excluding hydrogens is 263 g/mol. The molecular formula is C10H21O7P. The average Bonchev–Trinajstić information content (AvgIpc) is 2.25. The van der Waals surface area contributed by atoms with Crippen LogP contribution >= 0.6 is 7.82 Å². The Hall–Kier alpha value is -0.530. The quantitative estimate of drug-likeness (QED) is 0.304. The molecule has 0 saturated heterocycles. The van der Waals surface area contributed by atoms with E-state index in [0.29, 0.717) is 39.6 Å². The van der Waals surface area contributed by atoms with Crippen molar-refractivity contribution < 1.29 is 33.5 Å². The molecule has 0 fully saturated rings. The minimum absolute atomic E-state index is 0.580. The molecule has 8 heteroatoms. The fraction of sp³-hybridized carbons (Fsp3) is 0.600. The van der Waals surface area contributed by atoms with Crippen LogP contribution in [0, 0.1) is 0 Å². The molecule has 0 unspecified atom stereocenters. The zero-order valence-electron chi connectivity index (χ0n) is 10.2. The van der Waals surface area contributed by atoms with Gasteiger partial charge < -0.3 is 28.9 Å². The van der Waals surface area contributed by atoms with E-state index in [-0.39, 0.29) is 0 Å². The molecule has 0 aliphatic heterocycles. The second-order valence-electron chi connectivity index (χ2n) is 2.85. The zero-order valence-corrected chi connectivity index (χ0v) is 11.1. The van der Waals surface area contributed by atoms with Gasteiger partial charge >= 0.3 is 7.82 Å². The number of hydrogen-bond donors (Lipinski definition) is 3. The minimum atomic E-state index is -4.64. The standard InChI is InChI=1S/C10H18O3.H3O4P/c1-3-5-11-7-9-13-10-8-12-6-4-2;1-5(2,3)4/h3-4H,1-2,5-10H2;(H3,1,2,3,4). The smallest absolute Gasteiger partial charge is 0.377 e. The molecule has 0 radical (unpaired) electrons. The summed E-state index contributed by atoms with van der Waals surface area (Å²) in [5.74, 6) is 0. The van der Waals surface area contributed by atoms with E-state index < -0.39 is 7.82 Å². The van der Waals surface area contributed by atoms with Crippen molar-refractivity contribution >= 4 is 7.82 Å². The van der Waals surface area contributed by atoms with Crippen molar-refractivity contribution in [3.05, 3.63) is 25.3 Å². The first-order valence-corrected chi connectivity index (χ1v) is 6.71. The fourth-order valence-electron chi connectivity index (χ4n) is 0.671. The highest BCUT2D eigenvalue weighted by molar-refractivity contribution is 7.45. The van der Waals surface area contributed by atoms with Crippen LogP contribution in [-0.2, 0) is 18.8 Å². The number of ether oxygens (including phenoxy) is 3. The second kappa shape index (κ2) is 14.5. The Morgan fingerprint density at radius 1 is 0.833 bits per heavy atom. The van der Waals surface area contributed by atoms with Gasteiger partial charge in [0, 0.05) is 0 Å². The van der Waals surface area contributed by atoms with E-state index in [2.05, 4.69) is 13.2 Å². The first-order chi connectivity index (χ1) is 8.41. The largest absolute Gasteiger partial charge is 0.466 e. The third-order valence-corrected chi connectivity index (χ3v) is 1.22. The van der Waals surface area contributed by atoms with Crippen molar-refractivity contribution in [1.82, 2.24) is 0 Å². The Balaban J connectivity index is 0. The molecule has 108 valence electrons. The highest BCUT2D eigenvalue weighted by Crippen LogP contribution is 2.25. The Labute approximate surface area is 107 Å². The van der Waals surface area contributed by atoms with E-state index >= 15 is 0 Å². The highest BCUT2D eigenvalue weighted by atomic mass is 31.2. The summed E-state index contributed by atoms with van der Waals surface area (Å²) >= 11 is 0. The lowest BCUT2D eigenvalue weighted by Crippen LogP contribution is -2.09. The Morgan fingerprint density at radius 2 is 1.11 bits per heavy atom. The summed E-state index contributed by atoms with van der Waals surface area (Å²) in [6, 6.07) is 0. The molecule has 0 bridgehead atoms. The fourth-order valence-corrected chi connectivity index (χ4v) is 0.671. The highest BCUT2D eigenvalue weighted by Gasteiger charge is 2.00. The molecule has 0 aromatic rings. The summed E-state index contributed by atoms with van der Waals surface area (Å²) < 4.78 is 24.3.